The van der Waals surface area contributed by atoms with Gasteiger partial charge in [0.15, 0.2) is 23.0 Å². The van der Waals surface area contributed by atoms with Gasteiger partial charge in [0.2, 0.25) is 0 Å². The minimum Gasteiger partial charge on any atom is -0.504 e. The molecule has 2 aromatic carbocycles. The van der Waals surface area contributed by atoms with Crippen molar-refractivity contribution in [3.05, 3.63) is 47.0 Å². The largest absolute Gasteiger partial charge is 0.504 e. The first-order valence-corrected chi connectivity index (χ1v) is 12.5. The Balaban J connectivity index is 1.30. The zero-order valence-electron chi connectivity index (χ0n) is 19.9. The molecule has 33 heavy (non-hydrogen) atoms. The van der Waals surface area contributed by atoms with E-state index in [1.807, 2.05) is 6.07 Å². The molecule has 1 aliphatic carbocycles. The molecule has 0 spiro atoms. The second kappa shape index (κ2) is 12.7. The van der Waals surface area contributed by atoms with Crippen LogP contribution in [0.25, 0.3) is 0 Å². The highest BCUT2D eigenvalue weighted by Crippen LogP contribution is 2.34. The number of unbranched alkanes of at least 4 members (excludes halogenated alkanes) is 3. The summed E-state index contributed by atoms with van der Waals surface area (Å²) in [7, 11) is 0. The van der Waals surface area contributed by atoms with Gasteiger partial charge in [0.1, 0.15) is 0 Å². The average Bonchev–Trinajstić information content (AvgIpc) is 2.80. The Morgan fingerprint density at radius 3 is 2.30 bits per heavy atom. The van der Waals surface area contributed by atoms with E-state index in [-0.39, 0.29) is 23.0 Å². The third kappa shape index (κ3) is 7.54. The summed E-state index contributed by atoms with van der Waals surface area (Å²) in [6.07, 6.45) is 9.81. The van der Waals surface area contributed by atoms with E-state index in [1.54, 1.807) is 18.2 Å². The van der Waals surface area contributed by atoms with Crippen LogP contribution >= 0.6 is 0 Å². The quantitative estimate of drug-likeness (QED) is 0.225. The van der Waals surface area contributed by atoms with Crippen molar-refractivity contribution in [2.24, 2.45) is 0 Å². The SMILES string of the molecule is CCCN(CCCCCCNCCc1ccc(O)c(O)c1)C1CCc2cc(O)c(O)cc2C1. The average molecular weight is 457 g/mol. The predicted molar refractivity (Wildman–Crippen MR) is 132 cm³/mol. The third-order valence-corrected chi connectivity index (χ3v) is 6.71. The van der Waals surface area contributed by atoms with Crippen LogP contribution in [0.4, 0.5) is 0 Å². The molecule has 0 radical (unpaired) electrons. The molecule has 3 rings (SSSR count). The highest BCUT2D eigenvalue weighted by molar-refractivity contribution is 5.47. The minimum atomic E-state index is -0.0721. The Bertz CT molecular complexity index is 887. The van der Waals surface area contributed by atoms with E-state index in [2.05, 4.69) is 17.1 Å². The zero-order chi connectivity index (χ0) is 23.6. The number of aryl methyl sites for hydroxylation is 1. The fourth-order valence-corrected chi connectivity index (χ4v) is 4.84. The Labute approximate surface area is 197 Å². The van der Waals surface area contributed by atoms with E-state index in [1.165, 1.54) is 36.5 Å². The summed E-state index contributed by atoms with van der Waals surface area (Å²) >= 11 is 0. The summed E-state index contributed by atoms with van der Waals surface area (Å²) in [5.74, 6) is -0.144. The lowest BCUT2D eigenvalue weighted by molar-refractivity contribution is 0.176. The molecule has 0 fully saturated rings. The van der Waals surface area contributed by atoms with Crippen molar-refractivity contribution in [1.29, 1.82) is 0 Å². The van der Waals surface area contributed by atoms with Gasteiger partial charge >= 0.3 is 0 Å². The molecule has 0 aliphatic heterocycles. The number of hydrogen-bond donors (Lipinski definition) is 5. The first kappa shape index (κ1) is 25.2. The number of fused-ring (bicyclic) bond motifs is 1. The molecule has 1 unspecified atom stereocenters. The van der Waals surface area contributed by atoms with Crippen LogP contribution in [0.1, 0.15) is 62.1 Å². The molecular weight excluding hydrogens is 416 g/mol. The minimum absolute atomic E-state index is 0.00763. The number of phenolic OH excluding ortho intramolecular Hbond substituents is 4. The van der Waals surface area contributed by atoms with Gasteiger partial charge in [0, 0.05) is 6.04 Å². The van der Waals surface area contributed by atoms with E-state index in [0.29, 0.717) is 6.04 Å². The van der Waals surface area contributed by atoms with Crippen LogP contribution < -0.4 is 5.32 Å². The monoisotopic (exact) mass is 456 g/mol. The van der Waals surface area contributed by atoms with Gasteiger partial charge in [-0.05, 0) is 112 Å². The summed E-state index contributed by atoms with van der Waals surface area (Å²) in [5.41, 5.74) is 3.37. The predicted octanol–water partition coefficient (Wildman–Crippen LogP) is 4.47. The van der Waals surface area contributed by atoms with Gasteiger partial charge < -0.3 is 30.6 Å². The molecular formula is C27H40N2O4. The summed E-state index contributed by atoms with van der Waals surface area (Å²) < 4.78 is 0. The lowest BCUT2D eigenvalue weighted by atomic mass is 9.87. The highest BCUT2D eigenvalue weighted by Gasteiger charge is 2.24. The molecule has 182 valence electrons. The first-order valence-electron chi connectivity index (χ1n) is 12.5. The lowest BCUT2D eigenvalue weighted by Crippen LogP contribution is -2.40. The van der Waals surface area contributed by atoms with Crippen LogP contribution in [0.15, 0.2) is 30.3 Å². The van der Waals surface area contributed by atoms with Gasteiger partial charge in [0.25, 0.3) is 0 Å². The van der Waals surface area contributed by atoms with Crippen molar-refractivity contribution >= 4 is 0 Å². The summed E-state index contributed by atoms with van der Waals surface area (Å²) in [5, 5.41) is 42.0. The second-order valence-electron chi connectivity index (χ2n) is 9.28. The van der Waals surface area contributed by atoms with Gasteiger partial charge in [-0.25, -0.2) is 0 Å². The summed E-state index contributed by atoms with van der Waals surface area (Å²) in [6, 6.07) is 8.99. The number of nitrogens with zero attached hydrogens (tertiary/aromatic N) is 1. The normalized spacial score (nSPS) is 15.6. The maximum Gasteiger partial charge on any atom is 0.157 e. The van der Waals surface area contributed by atoms with Crippen molar-refractivity contribution in [3.63, 3.8) is 0 Å². The van der Waals surface area contributed by atoms with Crippen molar-refractivity contribution in [1.82, 2.24) is 10.2 Å². The number of nitrogens with one attached hydrogen (secondary N) is 1. The molecule has 0 aromatic heterocycles. The van der Waals surface area contributed by atoms with E-state index in [0.717, 1.165) is 70.3 Å². The fraction of sp³-hybridized carbons (Fsp3) is 0.556. The molecule has 0 amide bonds. The van der Waals surface area contributed by atoms with Crippen LogP contribution in [0.3, 0.4) is 0 Å². The van der Waals surface area contributed by atoms with E-state index >= 15 is 0 Å². The molecule has 0 saturated carbocycles. The van der Waals surface area contributed by atoms with E-state index in [9.17, 15) is 20.4 Å². The van der Waals surface area contributed by atoms with Crippen LogP contribution in [0.5, 0.6) is 23.0 Å². The number of aromatic hydroxyl groups is 4. The molecule has 0 bridgehead atoms. The second-order valence-corrected chi connectivity index (χ2v) is 9.28. The maximum atomic E-state index is 9.87. The maximum absolute atomic E-state index is 9.87. The van der Waals surface area contributed by atoms with Gasteiger partial charge in [0.05, 0.1) is 0 Å². The van der Waals surface area contributed by atoms with Gasteiger partial charge in [-0.2, -0.15) is 0 Å². The van der Waals surface area contributed by atoms with Crippen molar-refractivity contribution in [2.45, 2.75) is 70.8 Å². The Kier molecular flexibility index (Phi) is 9.70. The van der Waals surface area contributed by atoms with Gasteiger partial charge in [-0.1, -0.05) is 25.8 Å². The lowest BCUT2D eigenvalue weighted by Gasteiger charge is -2.35. The van der Waals surface area contributed by atoms with Crippen molar-refractivity contribution in [3.8, 4) is 23.0 Å². The van der Waals surface area contributed by atoms with E-state index in [4.69, 9.17) is 0 Å². The molecule has 1 atom stereocenters. The standard InChI is InChI=1S/C27H40N2O4/c1-2-14-29(23-9-8-21-18-26(32)27(33)19-22(21)17-23)15-6-4-3-5-12-28-13-11-20-7-10-24(30)25(31)16-20/h7,10,16,18-19,23,28,30-33H,2-6,8-9,11-15,17H2,1H3. The Morgan fingerprint density at radius 2 is 1.55 bits per heavy atom. The molecule has 6 nitrogen and oxygen atoms in total. The first-order chi connectivity index (χ1) is 16.0. The van der Waals surface area contributed by atoms with Gasteiger partial charge in [-0.3, -0.25) is 0 Å². The molecule has 5 N–H and O–H groups in total. The Morgan fingerprint density at radius 1 is 0.818 bits per heavy atom. The smallest absolute Gasteiger partial charge is 0.157 e. The van der Waals surface area contributed by atoms with Crippen molar-refractivity contribution < 1.29 is 20.4 Å². The van der Waals surface area contributed by atoms with Crippen molar-refractivity contribution in [2.75, 3.05) is 26.2 Å². The fourth-order valence-electron chi connectivity index (χ4n) is 4.84. The zero-order valence-corrected chi connectivity index (χ0v) is 19.9. The molecule has 0 saturated heterocycles. The van der Waals surface area contributed by atoms with Crippen LogP contribution in [0.2, 0.25) is 0 Å². The highest BCUT2D eigenvalue weighted by atomic mass is 16.3. The molecule has 0 heterocycles. The van der Waals surface area contributed by atoms with Crippen LogP contribution in [-0.4, -0.2) is 57.5 Å². The molecule has 1 aliphatic rings. The van der Waals surface area contributed by atoms with E-state index < -0.39 is 0 Å². The number of phenols is 4. The number of hydrogen-bond acceptors (Lipinski definition) is 6. The molecule has 2 aromatic rings. The van der Waals surface area contributed by atoms with Gasteiger partial charge in [-0.15, -0.1) is 0 Å². The third-order valence-electron chi connectivity index (χ3n) is 6.71. The summed E-state index contributed by atoms with van der Waals surface area (Å²) in [6.45, 7) is 6.33. The van der Waals surface area contributed by atoms with Crippen LogP contribution in [-0.2, 0) is 19.3 Å². The number of benzene rings is 2. The molecule has 6 heteroatoms. The van der Waals surface area contributed by atoms with Crippen LogP contribution in [0, 0.1) is 0 Å². The summed E-state index contributed by atoms with van der Waals surface area (Å²) in [4.78, 5) is 2.62. The number of rotatable bonds is 13. The topological polar surface area (TPSA) is 96.2 Å². The Hall–Kier alpha value is -2.44.